The van der Waals surface area contributed by atoms with Gasteiger partial charge in [-0.1, -0.05) is 0 Å². The summed E-state index contributed by atoms with van der Waals surface area (Å²) >= 11 is 0. The number of hydrogen-bond donors (Lipinski definition) is 2. The van der Waals surface area contributed by atoms with E-state index in [0.717, 1.165) is 31.1 Å². The summed E-state index contributed by atoms with van der Waals surface area (Å²) in [5, 5.41) is 6.86. The second-order valence-corrected chi connectivity index (χ2v) is 5.02. The molecule has 15 heavy (non-hydrogen) atoms. The summed E-state index contributed by atoms with van der Waals surface area (Å²) in [4.78, 5) is 0. The average Bonchev–Trinajstić information content (AvgIpc) is 2.60. The van der Waals surface area contributed by atoms with E-state index in [9.17, 15) is 0 Å². The molecule has 0 saturated carbocycles. The highest BCUT2D eigenvalue weighted by atomic mass is 16.5. The van der Waals surface area contributed by atoms with Gasteiger partial charge in [0.1, 0.15) is 12.4 Å². The first kappa shape index (κ1) is 9.04. The molecule has 0 fully saturated rings. The van der Waals surface area contributed by atoms with E-state index in [-0.39, 0.29) is 5.54 Å². The van der Waals surface area contributed by atoms with Gasteiger partial charge in [0.2, 0.25) is 0 Å². The smallest absolute Gasteiger partial charge is 0.142 e. The Labute approximate surface area is 89.8 Å². The lowest BCUT2D eigenvalue weighted by Gasteiger charge is -2.34. The Bertz CT molecular complexity index is 412. The predicted octanol–water partition coefficient (Wildman–Crippen LogP) is 1.87. The predicted molar refractivity (Wildman–Crippen MR) is 60.2 cm³/mol. The van der Waals surface area contributed by atoms with E-state index < -0.39 is 0 Å². The fraction of sp³-hybridized carbons (Fsp3) is 0.500. The molecule has 0 bridgehead atoms. The molecule has 0 saturated heterocycles. The van der Waals surface area contributed by atoms with E-state index in [1.165, 1.54) is 11.1 Å². The zero-order valence-electron chi connectivity index (χ0n) is 9.18. The maximum atomic E-state index is 5.77. The van der Waals surface area contributed by atoms with Crippen LogP contribution in [0, 0.1) is 0 Å². The quantitative estimate of drug-likeness (QED) is 0.677. The zero-order valence-corrected chi connectivity index (χ0v) is 9.18. The first-order valence-corrected chi connectivity index (χ1v) is 5.42. The molecule has 80 valence electrons. The van der Waals surface area contributed by atoms with Crippen molar-refractivity contribution in [3.05, 3.63) is 23.3 Å². The molecule has 2 N–H and O–H groups in total. The van der Waals surface area contributed by atoms with Gasteiger partial charge in [0.05, 0.1) is 11.2 Å². The molecule has 2 aliphatic rings. The number of ether oxygens (including phenoxy) is 1. The van der Waals surface area contributed by atoms with Gasteiger partial charge in [-0.05, 0) is 37.1 Å². The molecule has 0 radical (unpaired) electrons. The van der Waals surface area contributed by atoms with Crippen LogP contribution in [-0.2, 0) is 13.1 Å². The van der Waals surface area contributed by atoms with Crippen LogP contribution in [0.3, 0.4) is 0 Å². The summed E-state index contributed by atoms with van der Waals surface area (Å²) in [6, 6.07) is 4.37. The first-order valence-electron chi connectivity index (χ1n) is 5.42. The molecule has 3 nitrogen and oxygen atoms in total. The standard InChI is InChI=1S/C12H16N2O/c1-12(2)7-15-11-4-9-6-13-5-8(9)3-10(11)14-12/h3-4,13-14H,5-7H2,1-2H3. The number of rotatable bonds is 0. The molecule has 0 aromatic heterocycles. The number of anilines is 1. The number of fused-ring (bicyclic) bond motifs is 2. The lowest BCUT2D eigenvalue weighted by Crippen LogP contribution is -2.40. The van der Waals surface area contributed by atoms with E-state index in [0.29, 0.717) is 0 Å². The normalized spacial score (nSPS) is 21.2. The van der Waals surface area contributed by atoms with Crippen molar-refractivity contribution in [2.45, 2.75) is 32.5 Å². The lowest BCUT2D eigenvalue weighted by atomic mass is 10.0. The fourth-order valence-electron chi connectivity index (χ4n) is 2.20. The monoisotopic (exact) mass is 204 g/mol. The van der Waals surface area contributed by atoms with Gasteiger partial charge in [-0.2, -0.15) is 0 Å². The molecule has 3 rings (SSSR count). The second-order valence-electron chi connectivity index (χ2n) is 5.02. The van der Waals surface area contributed by atoms with Crippen LogP contribution in [0.4, 0.5) is 5.69 Å². The Morgan fingerprint density at radius 1 is 1.20 bits per heavy atom. The van der Waals surface area contributed by atoms with Crippen LogP contribution in [0.1, 0.15) is 25.0 Å². The lowest BCUT2D eigenvalue weighted by molar-refractivity contribution is 0.242. The van der Waals surface area contributed by atoms with E-state index >= 15 is 0 Å². The minimum Gasteiger partial charge on any atom is -0.489 e. The Morgan fingerprint density at radius 3 is 2.73 bits per heavy atom. The third-order valence-electron chi connectivity index (χ3n) is 2.99. The first-order chi connectivity index (χ1) is 7.14. The van der Waals surface area contributed by atoms with Crippen molar-refractivity contribution in [3.8, 4) is 5.75 Å². The van der Waals surface area contributed by atoms with Crippen LogP contribution in [0.25, 0.3) is 0 Å². The summed E-state index contributed by atoms with van der Waals surface area (Å²) in [7, 11) is 0. The molecule has 2 aliphatic heterocycles. The van der Waals surface area contributed by atoms with Crippen LogP contribution < -0.4 is 15.4 Å². The van der Waals surface area contributed by atoms with Crippen molar-refractivity contribution in [2.75, 3.05) is 11.9 Å². The van der Waals surface area contributed by atoms with Gasteiger partial charge in [-0.15, -0.1) is 0 Å². The number of nitrogens with one attached hydrogen (secondary N) is 2. The summed E-state index contributed by atoms with van der Waals surface area (Å²) in [6.07, 6.45) is 0. The Morgan fingerprint density at radius 2 is 1.93 bits per heavy atom. The summed E-state index contributed by atoms with van der Waals surface area (Å²) in [6.45, 7) is 6.98. The number of benzene rings is 1. The SMILES string of the molecule is CC1(C)COc2cc3c(cc2N1)CNC3. The van der Waals surface area contributed by atoms with Crippen LogP contribution in [-0.4, -0.2) is 12.1 Å². The summed E-state index contributed by atoms with van der Waals surface area (Å²) in [5.74, 6) is 0.997. The minimum atomic E-state index is 0.0350. The van der Waals surface area contributed by atoms with Crippen molar-refractivity contribution < 1.29 is 4.74 Å². The average molecular weight is 204 g/mol. The molecule has 0 spiro atoms. The van der Waals surface area contributed by atoms with E-state index in [4.69, 9.17) is 4.74 Å². The highest BCUT2D eigenvalue weighted by Crippen LogP contribution is 2.36. The van der Waals surface area contributed by atoms with Gasteiger partial charge in [-0.3, -0.25) is 0 Å². The van der Waals surface area contributed by atoms with Gasteiger partial charge >= 0.3 is 0 Å². The third-order valence-corrected chi connectivity index (χ3v) is 2.99. The fourth-order valence-corrected chi connectivity index (χ4v) is 2.20. The minimum absolute atomic E-state index is 0.0350. The van der Waals surface area contributed by atoms with E-state index in [1.54, 1.807) is 0 Å². The highest BCUT2D eigenvalue weighted by Gasteiger charge is 2.27. The summed E-state index contributed by atoms with van der Waals surface area (Å²) < 4.78 is 5.77. The van der Waals surface area contributed by atoms with Crippen molar-refractivity contribution in [2.24, 2.45) is 0 Å². The Hall–Kier alpha value is -1.22. The topological polar surface area (TPSA) is 33.3 Å². The van der Waals surface area contributed by atoms with Gasteiger partial charge in [0.25, 0.3) is 0 Å². The molecule has 0 aliphatic carbocycles. The molecule has 2 heterocycles. The van der Waals surface area contributed by atoms with Crippen LogP contribution in [0.15, 0.2) is 12.1 Å². The van der Waals surface area contributed by atoms with Crippen LogP contribution in [0.5, 0.6) is 5.75 Å². The molecule has 1 aromatic carbocycles. The molecule has 0 amide bonds. The highest BCUT2D eigenvalue weighted by molar-refractivity contribution is 5.63. The van der Waals surface area contributed by atoms with E-state index in [2.05, 4.69) is 36.6 Å². The largest absolute Gasteiger partial charge is 0.489 e. The van der Waals surface area contributed by atoms with Crippen LogP contribution >= 0.6 is 0 Å². The third kappa shape index (κ3) is 1.47. The van der Waals surface area contributed by atoms with Gasteiger partial charge < -0.3 is 15.4 Å². The zero-order chi connectivity index (χ0) is 10.5. The maximum absolute atomic E-state index is 5.77. The van der Waals surface area contributed by atoms with Gasteiger partial charge in [0, 0.05) is 13.1 Å². The number of hydrogen-bond acceptors (Lipinski definition) is 3. The molecule has 3 heteroatoms. The molecule has 0 unspecified atom stereocenters. The van der Waals surface area contributed by atoms with Crippen molar-refractivity contribution in [1.29, 1.82) is 0 Å². The van der Waals surface area contributed by atoms with Gasteiger partial charge in [-0.25, -0.2) is 0 Å². The van der Waals surface area contributed by atoms with Crippen LogP contribution in [0.2, 0.25) is 0 Å². The van der Waals surface area contributed by atoms with E-state index in [1.807, 2.05) is 0 Å². The van der Waals surface area contributed by atoms with Crippen molar-refractivity contribution in [1.82, 2.24) is 5.32 Å². The van der Waals surface area contributed by atoms with Gasteiger partial charge in [0.15, 0.2) is 0 Å². The maximum Gasteiger partial charge on any atom is 0.142 e. The Kier molecular flexibility index (Phi) is 1.74. The molecular weight excluding hydrogens is 188 g/mol. The Balaban J connectivity index is 2.04. The summed E-state index contributed by atoms with van der Waals surface area (Å²) in [5.41, 5.74) is 3.93. The van der Waals surface area contributed by atoms with Crippen molar-refractivity contribution in [3.63, 3.8) is 0 Å². The molecule has 0 atom stereocenters. The molecular formula is C12H16N2O. The van der Waals surface area contributed by atoms with Crippen molar-refractivity contribution >= 4 is 5.69 Å². The molecule has 1 aromatic rings. The second kappa shape index (κ2) is 2.89.